The number of halogens is 1. The van der Waals surface area contributed by atoms with Gasteiger partial charge in [0.05, 0.1) is 5.25 Å². The maximum absolute atomic E-state index is 11.5. The molecule has 1 amide bonds. The van der Waals surface area contributed by atoms with E-state index in [1.165, 1.54) is 0 Å². The van der Waals surface area contributed by atoms with Crippen molar-refractivity contribution in [3.63, 3.8) is 0 Å². The summed E-state index contributed by atoms with van der Waals surface area (Å²) in [4.78, 5) is 11.5. The van der Waals surface area contributed by atoms with E-state index in [4.69, 9.17) is 5.73 Å². The Kier molecular flexibility index (Phi) is 11.3. The summed E-state index contributed by atoms with van der Waals surface area (Å²) in [7, 11) is 0. The van der Waals surface area contributed by atoms with Crippen molar-refractivity contribution in [1.29, 1.82) is 0 Å². The van der Waals surface area contributed by atoms with Crippen molar-refractivity contribution in [3.05, 3.63) is 0 Å². The Bertz CT molecular complexity index is 156. The third-order valence-electron chi connectivity index (χ3n) is 1.65. The van der Waals surface area contributed by atoms with Crippen LogP contribution in [0, 0.1) is 5.92 Å². The van der Waals surface area contributed by atoms with E-state index in [1.807, 2.05) is 0 Å². The van der Waals surface area contributed by atoms with E-state index < -0.39 is 0 Å². The Morgan fingerprint density at radius 2 is 2.07 bits per heavy atom. The summed E-state index contributed by atoms with van der Waals surface area (Å²) in [5, 5.41) is 2.88. The predicted molar refractivity (Wildman–Crippen MR) is 66.1 cm³/mol. The van der Waals surface area contributed by atoms with Gasteiger partial charge in [0.25, 0.3) is 0 Å². The number of amides is 1. The zero-order chi connectivity index (χ0) is 10.3. The average molecular weight is 241 g/mol. The van der Waals surface area contributed by atoms with Gasteiger partial charge in [-0.1, -0.05) is 20.8 Å². The minimum Gasteiger partial charge on any atom is -0.354 e. The van der Waals surface area contributed by atoms with Gasteiger partial charge in [0.2, 0.25) is 5.91 Å². The summed E-state index contributed by atoms with van der Waals surface area (Å²) in [6.07, 6.45) is 0. The van der Waals surface area contributed by atoms with Gasteiger partial charge >= 0.3 is 0 Å². The summed E-state index contributed by atoms with van der Waals surface area (Å²) in [6, 6.07) is 0. The lowest BCUT2D eigenvalue weighted by atomic mass is 10.1. The molecule has 5 heteroatoms. The molecule has 0 aliphatic carbocycles. The molecule has 0 radical (unpaired) electrons. The van der Waals surface area contributed by atoms with E-state index >= 15 is 0 Å². The quantitative estimate of drug-likeness (QED) is 0.735. The molecular formula is C9H21ClN2OS. The Morgan fingerprint density at radius 1 is 1.50 bits per heavy atom. The first-order chi connectivity index (χ1) is 6.13. The number of hydrogen-bond acceptors (Lipinski definition) is 3. The van der Waals surface area contributed by atoms with Crippen molar-refractivity contribution >= 4 is 30.1 Å². The number of nitrogens with two attached hydrogens (primary N) is 1. The minimum atomic E-state index is 0. The number of rotatable bonds is 6. The van der Waals surface area contributed by atoms with Gasteiger partial charge in [0.1, 0.15) is 0 Å². The third-order valence-corrected chi connectivity index (χ3v) is 3.10. The lowest BCUT2D eigenvalue weighted by Crippen LogP contribution is -2.38. The smallest absolute Gasteiger partial charge is 0.233 e. The Labute approximate surface area is 97.0 Å². The van der Waals surface area contributed by atoms with Crippen LogP contribution in [0.1, 0.15) is 20.8 Å². The van der Waals surface area contributed by atoms with Crippen LogP contribution >= 0.6 is 24.2 Å². The van der Waals surface area contributed by atoms with Crippen molar-refractivity contribution in [3.8, 4) is 0 Å². The number of thioether (sulfide) groups is 1. The zero-order valence-corrected chi connectivity index (χ0v) is 10.7. The predicted octanol–water partition coefficient (Wildman–Crippen LogP) is 1.26. The molecule has 0 saturated heterocycles. The molecule has 0 rings (SSSR count). The van der Waals surface area contributed by atoms with Crippen molar-refractivity contribution in [2.24, 2.45) is 11.7 Å². The second kappa shape index (κ2) is 9.62. The molecule has 0 heterocycles. The van der Waals surface area contributed by atoms with Crippen LogP contribution < -0.4 is 11.1 Å². The molecule has 0 aromatic heterocycles. The fraction of sp³-hybridized carbons (Fsp3) is 0.889. The Morgan fingerprint density at radius 3 is 2.43 bits per heavy atom. The summed E-state index contributed by atoms with van der Waals surface area (Å²) >= 11 is 1.69. The third kappa shape index (κ3) is 6.51. The first kappa shape index (κ1) is 16.5. The minimum absolute atomic E-state index is 0. The molecule has 1 atom stereocenters. The second-order valence-electron chi connectivity index (χ2n) is 3.20. The number of carbonyl (C=O) groups excluding carboxylic acids is 1. The monoisotopic (exact) mass is 240 g/mol. The largest absolute Gasteiger partial charge is 0.354 e. The first-order valence-electron chi connectivity index (χ1n) is 4.72. The lowest BCUT2D eigenvalue weighted by Gasteiger charge is -2.18. The van der Waals surface area contributed by atoms with Crippen LogP contribution in [0.4, 0.5) is 0 Å². The molecule has 0 fully saturated rings. The van der Waals surface area contributed by atoms with Crippen molar-refractivity contribution in [1.82, 2.24) is 5.32 Å². The van der Waals surface area contributed by atoms with E-state index in [0.717, 1.165) is 5.75 Å². The normalized spacial score (nSPS) is 12.1. The molecule has 86 valence electrons. The van der Waals surface area contributed by atoms with Gasteiger partial charge in [-0.05, 0) is 11.7 Å². The highest BCUT2D eigenvalue weighted by atomic mass is 35.5. The highest BCUT2D eigenvalue weighted by molar-refractivity contribution is 8.00. The molecule has 0 aromatic rings. The summed E-state index contributed by atoms with van der Waals surface area (Å²) in [5.41, 5.74) is 5.31. The van der Waals surface area contributed by atoms with Crippen LogP contribution in [0.5, 0.6) is 0 Å². The summed E-state index contributed by atoms with van der Waals surface area (Å²) in [5.74, 6) is 1.47. The SMILES string of the molecule is CCSC(C(=O)NCCN)C(C)C.Cl. The standard InChI is InChI=1S/C9H20N2OS.ClH/c1-4-13-8(7(2)3)9(12)11-6-5-10;/h7-8H,4-6,10H2,1-3H3,(H,11,12);1H. The van der Waals surface area contributed by atoms with Crippen LogP contribution in [-0.4, -0.2) is 30.0 Å². The van der Waals surface area contributed by atoms with Crippen molar-refractivity contribution in [2.45, 2.75) is 26.0 Å². The molecule has 0 aliphatic heterocycles. The average Bonchev–Trinajstić information content (AvgIpc) is 2.09. The van der Waals surface area contributed by atoms with E-state index in [-0.39, 0.29) is 23.6 Å². The molecule has 14 heavy (non-hydrogen) atoms. The number of nitrogens with one attached hydrogen (secondary N) is 1. The van der Waals surface area contributed by atoms with Crippen molar-refractivity contribution in [2.75, 3.05) is 18.8 Å². The molecule has 0 aromatic carbocycles. The van der Waals surface area contributed by atoms with Gasteiger partial charge in [0.15, 0.2) is 0 Å². The van der Waals surface area contributed by atoms with Crippen LogP contribution in [-0.2, 0) is 4.79 Å². The lowest BCUT2D eigenvalue weighted by molar-refractivity contribution is -0.121. The summed E-state index contributed by atoms with van der Waals surface area (Å²) < 4.78 is 0. The maximum atomic E-state index is 11.5. The molecule has 0 spiro atoms. The molecular weight excluding hydrogens is 220 g/mol. The molecule has 0 bridgehead atoms. The van der Waals surface area contributed by atoms with E-state index in [1.54, 1.807) is 11.8 Å². The van der Waals surface area contributed by atoms with Crippen molar-refractivity contribution < 1.29 is 4.79 Å². The van der Waals surface area contributed by atoms with Crippen LogP contribution in [0.2, 0.25) is 0 Å². The van der Waals surface area contributed by atoms with Gasteiger partial charge in [-0.2, -0.15) is 0 Å². The highest BCUT2D eigenvalue weighted by Crippen LogP contribution is 2.18. The molecule has 0 saturated carbocycles. The summed E-state index contributed by atoms with van der Waals surface area (Å²) in [6.45, 7) is 7.28. The first-order valence-corrected chi connectivity index (χ1v) is 5.77. The zero-order valence-electron chi connectivity index (χ0n) is 9.08. The van der Waals surface area contributed by atoms with Crippen LogP contribution in [0.15, 0.2) is 0 Å². The molecule has 3 nitrogen and oxygen atoms in total. The molecule has 0 aliphatic rings. The van der Waals surface area contributed by atoms with Crippen LogP contribution in [0.3, 0.4) is 0 Å². The van der Waals surface area contributed by atoms with E-state index in [0.29, 0.717) is 19.0 Å². The van der Waals surface area contributed by atoms with E-state index in [2.05, 4.69) is 26.1 Å². The van der Waals surface area contributed by atoms with Gasteiger partial charge in [0, 0.05) is 13.1 Å². The number of carbonyl (C=O) groups is 1. The highest BCUT2D eigenvalue weighted by Gasteiger charge is 2.20. The number of hydrogen-bond donors (Lipinski definition) is 2. The molecule has 3 N–H and O–H groups in total. The maximum Gasteiger partial charge on any atom is 0.233 e. The topological polar surface area (TPSA) is 55.1 Å². The fourth-order valence-electron chi connectivity index (χ4n) is 1.05. The van der Waals surface area contributed by atoms with Gasteiger partial charge in [-0.15, -0.1) is 24.2 Å². The molecule has 1 unspecified atom stereocenters. The Balaban J connectivity index is 0. The Hall–Kier alpha value is 0.0700. The van der Waals surface area contributed by atoms with Gasteiger partial charge in [-0.25, -0.2) is 0 Å². The van der Waals surface area contributed by atoms with E-state index in [9.17, 15) is 4.79 Å². The van der Waals surface area contributed by atoms with Gasteiger partial charge < -0.3 is 11.1 Å². The van der Waals surface area contributed by atoms with Crippen LogP contribution in [0.25, 0.3) is 0 Å². The second-order valence-corrected chi connectivity index (χ2v) is 4.62. The van der Waals surface area contributed by atoms with Gasteiger partial charge in [-0.3, -0.25) is 4.79 Å². The fourth-order valence-corrected chi connectivity index (χ4v) is 2.03.